The van der Waals surface area contributed by atoms with E-state index in [1.54, 1.807) is 6.07 Å². The lowest BCUT2D eigenvalue weighted by Crippen LogP contribution is -2.26. The number of fused-ring (bicyclic) bond motifs is 1. The van der Waals surface area contributed by atoms with E-state index in [1.807, 2.05) is 24.3 Å². The zero-order chi connectivity index (χ0) is 13.2. The van der Waals surface area contributed by atoms with Crippen molar-refractivity contribution in [2.24, 2.45) is 0 Å². The van der Waals surface area contributed by atoms with Crippen molar-refractivity contribution < 1.29 is 4.74 Å². The molecule has 4 N–H and O–H groups in total. The van der Waals surface area contributed by atoms with Crippen LogP contribution in [0.5, 0.6) is 5.75 Å². The van der Waals surface area contributed by atoms with Gasteiger partial charge in [0, 0.05) is 18.2 Å². The number of rotatable bonds is 1. The molecular formula is C13H15N5O. The molecule has 1 aromatic carbocycles. The maximum Gasteiger partial charge on any atom is 0.223 e. The van der Waals surface area contributed by atoms with E-state index in [0.717, 1.165) is 23.7 Å². The molecule has 0 unspecified atom stereocenters. The number of nitrogens with two attached hydrogens (primary N) is 2. The first-order valence-corrected chi connectivity index (χ1v) is 6.08. The highest BCUT2D eigenvalue weighted by Gasteiger charge is 2.17. The van der Waals surface area contributed by atoms with E-state index >= 15 is 0 Å². The van der Waals surface area contributed by atoms with Crippen LogP contribution in [-0.4, -0.2) is 23.1 Å². The SMILES string of the molecule is Nc1cc(N2CCOc3ccccc3C2)nc(N)n1. The largest absolute Gasteiger partial charge is 0.491 e. The van der Waals surface area contributed by atoms with Gasteiger partial charge in [-0.2, -0.15) is 9.97 Å². The molecule has 0 radical (unpaired) electrons. The maximum atomic E-state index is 5.71. The lowest BCUT2D eigenvalue weighted by Gasteiger charge is -2.21. The van der Waals surface area contributed by atoms with Crippen LogP contribution < -0.4 is 21.1 Å². The van der Waals surface area contributed by atoms with Crippen LogP contribution in [0, 0.1) is 0 Å². The monoisotopic (exact) mass is 257 g/mol. The number of hydrogen-bond donors (Lipinski definition) is 2. The molecule has 0 saturated carbocycles. The van der Waals surface area contributed by atoms with Crippen LogP contribution in [0.15, 0.2) is 30.3 Å². The topological polar surface area (TPSA) is 90.3 Å². The summed E-state index contributed by atoms with van der Waals surface area (Å²) in [6.07, 6.45) is 0. The number of aromatic nitrogens is 2. The summed E-state index contributed by atoms with van der Waals surface area (Å²) in [5.41, 5.74) is 12.5. The van der Waals surface area contributed by atoms with Crippen LogP contribution in [0.2, 0.25) is 0 Å². The third kappa shape index (κ3) is 2.37. The zero-order valence-electron chi connectivity index (χ0n) is 10.4. The van der Waals surface area contributed by atoms with Gasteiger partial charge in [-0.05, 0) is 6.07 Å². The summed E-state index contributed by atoms with van der Waals surface area (Å²) in [5.74, 6) is 2.21. The van der Waals surface area contributed by atoms with Gasteiger partial charge in [0.05, 0.1) is 6.54 Å². The minimum Gasteiger partial charge on any atom is -0.491 e. The molecule has 0 atom stereocenters. The predicted octanol–water partition coefficient (Wildman–Crippen LogP) is 1.04. The number of para-hydroxylation sites is 1. The van der Waals surface area contributed by atoms with E-state index in [0.29, 0.717) is 19.0 Å². The van der Waals surface area contributed by atoms with E-state index in [9.17, 15) is 0 Å². The molecule has 2 heterocycles. The van der Waals surface area contributed by atoms with Crippen molar-refractivity contribution in [2.75, 3.05) is 29.5 Å². The van der Waals surface area contributed by atoms with Crippen LogP contribution in [0.3, 0.4) is 0 Å². The average Bonchev–Trinajstić information content (AvgIpc) is 2.59. The zero-order valence-corrected chi connectivity index (χ0v) is 10.4. The van der Waals surface area contributed by atoms with Gasteiger partial charge in [0.1, 0.15) is 24.0 Å². The Bertz CT molecular complexity index is 581. The predicted molar refractivity (Wildman–Crippen MR) is 73.8 cm³/mol. The molecule has 0 spiro atoms. The van der Waals surface area contributed by atoms with Gasteiger partial charge >= 0.3 is 0 Å². The molecule has 0 aliphatic carbocycles. The van der Waals surface area contributed by atoms with Gasteiger partial charge < -0.3 is 21.1 Å². The molecule has 1 aromatic heterocycles. The molecule has 2 aromatic rings. The van der Waals surface area contributed by atoms with Crippen molar-refractivity contribution in [3.63, 3.8) is 0 Å². The molecule has 0 amide bonds. The van der Waals surface area contributed by atoms with E-state index < -0.39 is 0 Å². The number of nitrogens with zero attached hydrogens (tertiary/aromatic N) is 3. The number of hydrogen-bond acceptors (Lipinski definition) is 6. The van der Waals surface area contributed by atoms with Crippen LogP contribution in [0.25, 0.3) is 0 Å². The van der Waals surface area contributed by atoms with Gasteiger partial charge in [0.25, 0.3) is 0 Å². The van der Waals surface area contributed by atoms with Crippen molar-refractivity contribution in [1.29, 1.82) is 0 Å². The standard InChI is InChI=1S/C13H15N5O/c14-11-7-12(17-13(15)16-11)18-5-6-19-10-4-2-1-3-9(10)8-18/h1-4,7H,5-6,8H2,(H4,14,15,16,17). The van der Waals surface area contributed by atoms with Gasteiger partial charge in [-0.1, -0.05) is 18.2 Å². The van der Waals surface area contributed by atoms with Gasteiger partial charge in [-0.3, -0.25) is 0 Å². The summed E-state index contributed by atoms with van der Waals surface area (Å²) in [5, 5.41) is 0. The van der Waals surface area contributed by atoms with E-state index in [-0.39, 0.29) is 5.95 Å². The normalized spacial score (nSPS) is 14.4. The van der Waals surface area contributed by atoms with Crippen LogP contribution in [0.4, 0.5) is 17.6 Å². The Balaban J connectivity index is 1.94. The highest BCUT2D eigenvalue weighted by atomic mass is 16.5. The first-order chi connectivity index (χ1) is 9.22. The minimum absolute atomic E-state index is 0.188. The Morgan fingerprint density at radius 3 is 2.84 bits per heavy atom. The van der Waals surface area contributed by atoms with Crippen molar-refractivity contribution in [3.8, 4) is 5.75 Å². The molecule has 19 heavy (non-hydrogen) atoms. The summed E-state index contributed by atoms with van der Waals surface area (Å²) in [6, 6.07) is 9.71. The molecular weight excluding hydrogens is 242 g/mol. The second-order valence-corrected chi connectivity index (χ2v) is 4.39. The number of nitrogen functional groups attached to an aromatic ring is 2. The summed E-state index contributed by atoms with van der Waals surface area (Å²) in [4.78, 5) is 10.2. The van der Waals surface area contributed by atoms with Crippen molar-refractivity contribution in [2.45, 2.75) is 6.54 Å². The minimum atomic E-state index is 0.188. The first kappa shape index (κ1) is 11.6. The fourth-order valence-electron chi connectivity index (χ4n) is 2.15. The Morgan fingerprint density at radius 2 is 2.00 bits per heavy atom. The summed E-state index contributed by atoms with van der Waals surface area (Å²) in [6.45, 7) is 2.04. The summed E-state index contributed by atoms with van der Waals surface area (Å²) < 4.78 is 5.71. The molecule has 0 bridgehead atoms. The first-order valence-electron chi connectivity index (χ1n) is 6.08. The van der Waals surface area contributed by atoms with E-state index in [1.165, 1.54) is 0 Å². The third-order valence-corrected chi connectivity index (χ3v) is 3.03. The molecule has 0 fully saturated rings. The second-order valence-electron chi connectivity index (χ2n) is 4.39. The fraction of sp³-hybridized carbons (Fsp3) is 0.231. The third-order valence-electron chi connectivity index (χ3n) is 3.03. The Labute approximate surface area is 111 Å². The molecule has 1 aliphatic rings. The van der Waals surface area contributed by atoms with Crippen molar-refractivity contribution in [3.05, 3.63) is 35.9 Å². The Hall–Kier alpha value is -2.50. The van der Waals surface area contributed by atoms with E-state index in [2.05, 4.69) is 14.9 Å². The number of benzene rings is 1. The number of ether oxygens (including phenoxy) is 1. The second kappa shape index (κ2) is 4.64. The Kier molecular flexibility index (Phi) is 2.83. The smallest absolute Gasteiger partial charge is 0.223 e. The van der Waals surface area contributed by atoms with Crippen LogP contribution in [0.1, 0.15) is 5.56 Å². The summed E-state index contributed by atoms with van der Waals surface area (Å²) >= 11 is 0. The highest BCUT2D eigenvalue weighted by Crippen LogP contribution is 2.25. The lowest BCUT2D eigenvalue weighted by molar-refractivity contribution is 0.331. The molecule has 6 nitrogen and oxygen atoms in total. The lowest BCUT2D eigenvalue weighted by atomic mass is 10.2. The molecule has 0 saturated heterocycles. The van der Waals surface area contributed by atoms with Gasteiger partial charge in [-0.25, -0.2) is 0 Å². The molecule has 3 rings (SSSR count). The molecule has 98 valence electrons. The van der Waals surface area contributed by atoms with Gasteiger partial charge in [0.2, 0.25) is 5.95 Å². The highest BCUT2D eigenvalue weighted by molar-refractivity contribution is 5.52. The van der Waals surface area contributed by atoms with Gasteiger partial charge in [0.15, 0.2) is 0 Å². The Morgan fingerprint density at radius 1 is 1.16 bits per heavy atom. The van der Waals surface area contributed by atoms with Crippen LogP contribution in [-0.2, 0) is 6.54 Å². The maximum absolute atomic E-state index is 5.71. The number of anilines is 3. The quantitative estimate of drug-likeness (QED) is 0.793. The van der Waals surface area contributed by atoms with Crippen molar-refractivity contribution >= 4 is 17.6 Å². The van der Waals surface area contributed by atoms with Crippen molar-refractivity contribution in [1.82, 2.24) is 9.97 Å². The molecule has 1 aliphatic heterocycles. The van der Waals surface area contributed by atoms with E-state index in [4.69, 9.17) is 16.2 Å². The molecule has 6 heteroatoms. The average molecular weight is 257 g/mol. The van der Waals surface area contributed by atoms with Gasteiger partial charge in [-0.15, -0.1) is 0 Å². The fourth-order valence-corrected chi connectivity index (χ4v) is 2.15. The van der Waals surface area contributed by atoms with Crippen LogP contribution >= 0.6 is 0 Å². The summed E-state index contributed by atoms with van der Waals surface area (Å²) in [7, 11) is 0.